The highest BCUT2D eigenvalue weighted by Crippen LogP contribution is 2.12. The zero-order valence-corrected chi connectivity index (χ0v) is 14.6. The fraction of sp³-hybridized carbons (Fsp3) is 0.350. The summed E-state index contributed by atoms with van der Waals surface area (Å²) < 4.78 is 13.3. The Hall–Kier alpha value is -2.20. The van der Waals surface area contributed by atoms with Gasteiger partial charge in [-0.1, -0.05) is 42.5 Å². The maximum atomic E-state index is 13.3. The van der Waals surface area contributed by atoms with E-state index in [1.54, 1.807) is 6.07 Å². The van der Waals surface area contributed by atoms with Gasteiger partial charge in [-0.3, -0.25) is 9.69 Å². The van der Waals surface area contributed by atoms with Crippen LogP contribution in [0.15, 0.2) is 54.6 Å². The molecule has 24 heavy (non-hydrogen) atoms. The van der Waals surface area contributed by atoms with E-state index < -0.39 is 0 Å². The van der Waals surface area contributed by atoms with Crippen molar-refractivity contribution in [3.05, 3.63) is 71.5 Å². The van der Waals surface area contributed by atoms with Crippen molar-refractivity contribution >= 4 is 5.91 Å². The molecule has 0 spiro atoms. The molecule has 0 heterocycles. The van der Waals surface area contributed by atoms with Crippen LogP contribution in [0.5, 0.6) is 0 Å². The molecule has 0 saturated carbocycles. The van der Waals surface area contributed by atoms with Crippen LogP contribution in [-0.2, 0) is 17.9 Å². The lowest BCUT2D eigenvalue weighted by atomic mass is 10.1. The van der Waals surface area contributed by atoms with Crippen LogP contribution in [-0.4, -0.2) is 35.3 Å². The molecule has 4 heteroatoms. The molecule has 0 aromatic heterocycles. The van der Waals surface area contributed by atoms with Crippen molar-refractivity contribution in [2.45, 2.75) is 33.0 Å². The molecule has 3 nitrogen and oxygen atoms in total. The summed E-state index contributed by atoms with van der Waals surface area (Å²) >= 11 is 0. The van der Waals surface area contributed by atoms with E-state index in [9.17, 15) is 9.18 Å². The smallest absolute Gasteiger partial charge is 0.239 e. The summed E-state index contributed by atoms with van der Waals surface area (Å²) in [7, 11) is 1.89. The van der Waals surface area contributed by atoms with E-state index in [0.717, 1.165) is 11.1 Å². The molecule has 2 rings (SSSR count). The van der Waals surface area contributed by atoms with Crippen molar-refractivity contribution in [1.29, 1.82) is 0 Å². The first-order valence-corrected chi connectivity index (χ1v) is 8.28. The minimum atomic E-state index is -0.267. The highest BCUT2D eigenvalue weighted by molar-refractivity contribution is 5.81. The van der Waals surface area contributed by atoms with Crippen LogP contribution in [0, 0.1) is 5.82 Å². The molecule has 2 aromatic carbocycles. The molecular formula is C20H25FN2O. The Bertz CT molecular complexity index is 660. The van der Waals surface area contributed by atoms with Gasteiger partial charge < -0.3 is 4.90 Å². The fourth-order valence-electron chi connectivity index (χ4n) is 2.66. The van der Waals surface area contributed by atoms with Crippen molar-refractivity contribution in [3.63, 3.8) is 0 Å². The predicted octanol–water partition coefficient (Wildman–Crippen LogP) is 3.69. The van der Waals surface area contributed by atoms with E-state index in [-0.39, 0.29) is 17.8 Å². The Kier molecular flexibility index (Phi) is 6.50. The van der Waals surface area contributed by atoms with Gasteiger partial charge in [-0.25, -0.2) is 4.39 Å². The normalized spacial score (nSPS) is 12.2. The first-order valence-electron chi connectivity index (χ1n) is 8.28. The maximum absolute atomic E-state index is 13.3. The lowest BCUT2D eigenvalue weighted by Gasteiger charge is -2.30. The summed E-state index contributed by atoms with van der Waals surface area (Å²) in [6.07, 6.45) is 0. The minimum Gasteiger partial charge on any atom is -0.337 e. The number of benzene rings is 2. The second-order valence-electron chi connectivity index (χ2n) is 6.06. The van der Waals surface area contributed by atoms with Gasteiger partial charge in [0, 0.05) is 19.6 Å². The van der Waals surface area contributed by atoms with E-state index in [1.807, 2.05) is 67.1 Å². The van der Waals surface area contributed by atoms with E-state index in [0.29, 0.717) is 19.6 Å². The molecule has 2 aromatic rings. The standard InChI is InChI=1S/C20H25FN2O/c1-4-23(15-17-9-6-5-7-10-17)20(24)16(2)22(3)14-18-11-8-12-19(21)13-18/h5-13,16H,4,14-15H2,1-3H3. The van der Waals surface area contributed by atoms with Gasteiger partial charge in [0.2, 0.25) is 5.91 Å². The molecule has 0 bridgehead atoms. The number of nitrogens with zero attached hydrogens (tertiary/aromatic N) is 2. The average molecular weight is 328 g/mol. The van der Waals surface area contributed by atoms with Crippen molar-refractivity contribution < 1.29 is 9.18 Å². The molecule has 0 saturated heterocycles. The van der Waals surface area contributed by atoms with Gasteiger partial charge in [-0.2, -0.15) is 0 Å². The van der Waals surface area contributed by atoms with Crippen molar-refractivity contribution in [3.8, 4) is 0 Å². The summed E-state index contributed by atoms with van der Waals surface area (Å²) in [5.74, 6) is -0.167. The van der Waals surface area contributed by atoms with Crippen LogP contribution >= 0.6 is 0 Å². The van der Waals surface area contributed by atoms with E-state index in [4.69, 9.17) is 0 Å². The minimum absolute atomic E-state index is 0.0836. The Morgan fingerprint density at radius 1 is 1.04 bits per heavy atom. The lowest BCUT2D eigenvalue weighted by Crippen LogP contribution is -2.45. The summed E-state index contributed by atoms with van der Waals surface area (Å²) in [4.78, 5) is 16.6. The van der Waals surface area contributed by atoms with Gasteiger partial charge in [0.05, 0.1) is 6.04 Å². The van der Waals surface area contributed by atoms with Crippen LogP contribution in [0.3, 0.4) is 0 Å². The third-order valence-corrected chi connectivity index (χ3v) is 4.25. The lowest BCUT2D eigenvalue weighted by molar-refractivity contribution is -0.136. The Balaban J connectivity index is 2.00. The largest absolute Gasteiger partial charge is 0.337 e. The molecule has 1 amide bonds. The first kappa shape index (κ1) is 18.1. The predicted molar refractivity (Wildman–Crippen MR) is 94.9 cm³/mol. The molecule has 0 N–H and O–H groups in total. The number of carbonyl (C=O) groups excluding carboxylic acids is 1. The number of hydrogen-bond acceptors (Lipinski definition) is 2. The zero-order valence-electron chi connectivity index (χ0n) is 14.6. The Labute approximate surface area is 143 Å². The molecule has 0 aliphatic rings. The third kappa shape index (κ3) is 4.90. The van der Waals surface area contributed by atoms with Crippen LogP contribution < -0.4 is 0 Å². The van der Waals surface area contributed by atoms with Crippen LogP contribution in [0.2, 0.25) is 0 Å². The number of carbonyl (C=O) groups is 1. The number of rotatable bonds is 7. The number of halogens is 1. The Morgan fingerprint density at radius 2 is 1.71 bits per heavy atom. The van der Waals surface area contributed by atoms with E-state index in [1.165, 1.54) is 12.1 Å². The molecule has 0 fully saturated rings. The highest BCUT2D eigenvalue weighted by atomic mass is 19.1. The molecule has 1 atom stereocenters. The van der Waals surface area contributed by atoms with Crippen molar-refractivity contribution in [1.82, 2.24) is 9.80 Å². The van der Waals surface area contributed by atoms with Gasteiger partial charge in [-0.15, -0.1) is 0 Å². The third-order valence-electron chi connectivity index (χ3n) is 4.25. The maximum Gasteiger partial charge on any atom is 0.239 e. The second kappa shape index (κ2) is 8.60. The Morgan fingerprint density at radius 3 is 2.33 bits per heavy atom. The summed E-state index contributed by atoms with van der Waals surface area (Å²) in [6.45, 7) is 5.68. The number of amides is 1. The molecule has 1 unspecified atom stereocenters. The topological polar surface area (TPSA) is 23.6 Å². The highest BCUT2D eigenvalue weighted by Gasteiger charge is 2.23. The van der Waals surface area contributed by atoms with Gasteiger partial charge in [0.25, 0.3) is 0 Å². The van der Waals surface area contributed by atoms with Crippen LogP contribution in [0.25, 0.3) is 0 Å². The second-order valence-corrected chi connectivity index (χ2v) is 6.06. The summed E-state index contributed by atoms with van der Waals surface area (Å²) in [5, 5.41) is 0. The molecule has 128 valence electrons. The van der Waals surface area contributed by atoms with Gasteiger partial charge in [0.1, 0.15) is 5.82 Å². The quantitative estimate of drug-likeness (QED) is 0.774. The summed E-state index contributed by atoms with van der Waals surface area (Å²) in [6, 6.07) is 16.2. The van der Waals surface area contributed by atoms with Gasteiger partial charge in [0.15, 0.2) is 0 Å². The van der Waals surface area contributed by atoms with Gasteiger partial charge >= 0.3 is 0 Å². The zero-order chi connectivity index (χ0) is 17.5. The van der Waals surface area contributed by atoms with Crippen LogP contribution in [0.4, 0.5) is 4.39 Å². The van der Waals surface area contributed by atoms with Crippen molar-refractivity contribution in [2.75, 3.05) is 13.6 Å². The van der Waals surface area contributed by atoms with Crippen molar-refractivity contribution in [2.24, 2.45) is 0 Å². The fourth-order valence-corrected chi connectivity index (χ4v) is 2.66. The summed E-state index contributed by atoms with van der Waals surface area (Å²) in [5.41, 5.74) is 1.98. The van der Waals surface area contributed by atoms with E-state index in [2.05, 4.69) is 0 Å². The molecular weight excluding hydrogens is 303 g/mol. The van der Waals surface area contributed by atoms with Gasteiger partial charge in [-0.05, 0) is 44.2 Å². The molecule has 0 aliphatic heterocycles. The monoisotopic (exact) mass is 328 g/mol. The number of likely N-dealkylation sites (N-methyl/N-ethyl adjacent to an activating group) is 2. The average Bonchev–Trinajstić information content (AvgIpc) is 2.59. The SMILES string of the molecule is CCN(Cc1ccccc1)C(=O)C(C)N(C)Cc1cccc(F)c1. The van der Waals surface area contributed by atoms with Crippen LogP contribution in [0.1, 0.15) is 25.0 Å². The number of hydrogen-bond donors (Lipinski definition) is 0. The molecule has 0 aliphatic carbocycles. The van der Waals surface area contributed by atoms with E-state index >= 15 is 0 Å². The first-order chi connectivity index (χ1) is 11.5. The molecule has 0 radical (unpaired) electrons.